The molecule has 4 N–H and O–H groups in total. The number of carbonyl (C=O) groups excluding carboxylic acids is 1. The zero-order valence-corrected chi connectivity index (χ0v) is 19.4. The zero-order valence-electron chi connectivity index (χ0n) is 18.5. The van der Waals surface area contributed by atoms with Gasteiger partial charge in [-0.25, -0.2) is 13.9 Å². The van der Waals surface area contributed by atoms with E-state index in [-0.39, 0.29) is 24.9 Å². The van der Waals surface area contributed by atoms with Gasteiger partial charge in [0.05, 0.1) is 17.9 Å². The lowest BCUT2D eigenvalue weighted by molar-refractivity contribution is -0.148. The number of fused-ring (bicyclic) bond motifs is 1. The predicted octanol–water partition coefficient (Wildman–Crippen LogP) is 1.07. The molecule has 6 atom stereocenters. The maximum absolute atomic E-state index is 14.0. The number of ether oxygens (including phenoxy) is 3. The first kappa shape index (κ1) is 25.3. The number of aromatic nitrogens is 3. The van der Waals surface area contributed by atoms with Gasteiger partial charge in [0.15, 0.2) is 11.4 Å². The van der Waals surface area contributed by atoms with E-state index in [1.165, 1.54) is 24.9 Å². The molecule has 0 bridgehead atoms. The van der Waals surface area contributed by atoms with Crippen molar-refractivity contribution >= 4 is 25.5 Å². The van der Waals surface area contributed by atoms with E-state index in [1.807, 2.05) is 0 Å². The summed E-state index contributed by atoms with van der Waals surface area (Å²) < 4.78 is 48.9. The molecule has 3 rings (SSSR count). The van der Waals surface area contributed by atoms with Gasteiger partial charge in [0, 0.05) is 13.5 Å². The van der Waals surface area contributed by atoms with Crippen LogP contribution in [0, 0.1) is 0 Å². The molecule has 0 amide bonds. The van der Waals surface area contributed by atoms with Gasteiger partial charge in [0.25, 0.3) is 0 Å². The number of nitrogen functional groups attached to an aromatic ring is 1. The lowest BCUT2D eigenvalue weighted by atomic mass is 9.98. The Balaban J connectivity index is 1.59. The quantitative estimate of drug-likeness (QED) is 0.307. The summed E-state index contributed by atoms with van der Waals surface area (Å²) in [6, 6.07) is 2.45. The molecule has 0 aromatic carbocycles. The highest BCUT2D eigenvalue weighted by atomic mass is 31.1. The molecule has 2 aromatic heterocycles. The van der Waals surface area contributed by atoms with E-state index < -0.39 is 51.3 Å². The summed E-state index contributed by atoms with van der Waals surface area (Å²) in [7, 11) is -1.09. The molecule has 2 aromatic rings. The minimum absolute atomic E-state index is 0.0381. The van der Waals surface area contributed by atoms with Crippen molar-refractivity contribution in [2.45, 2.75) is 50.2 Å². The third kappa shape index (κ3) is 5.62. The Morgan fingerprint density at radius 2 is 2.27 bits per heavy atom. The lowest BCUT2D eigenvalue weighted by Crippen LogP contribution is -2.46. The monoisotopic (exact) mass is 488 g/mol. The van der Waals surface area contributed by atoms with Crippen LogP contribution in [0.4, 0.5) is 10.2 Å². The molecule has 0 saturated carbocycles. The highest BCUT2D eigenvalue weighted by Crippen LogP contribution is 2.42. The number of methoxy groups -OCH3 is 1. The van der Waals surface area contributed by atoms with E-state index in [0.717, 1.165) is 0 Å². The number of carbonyl (C=O) groups is 1. The van der Waals surface area contributed by atoms with Crippen LogP contribution in [0.1, 0.15) is 32.1 Å². The molecule has 33 heavy (non-hydrogen) atoms. The molecule has 0 aliphatic carbocycles. The number of rotatable bonds is 11. The maximum atomic E-state index is 14.0. The topological polar surface area (TPSA) is 160 Å². The Labute approximate surface area is 190 Å². The molecule has 1 aliphatic heterocycles. The number of anilines is 1. The number of hydrogen-bond donors (Lipinski definition) is 3. The van der Waals surface area contributed by atoms with Crippen molar-refractivity contribution in [3.05, 3.63) is 24.2 Å². The fourth-order valence-corrected chi connectivity index (χ4v) is 4.16. The minimum Gasteiger partial charge on any atom is -0.462 e. The molecular weight excluding hydrogens is 460 g/mol. The van der Waals surface area contributed by atoms with Crippen molar-refractivity contribution in [1.82, 2.24) is 19.7 Å². The molecular formula is C19H28FN5O7P+. The average molecular weight is 488 g/mol. The predicted molar refractivity (Wildman–Crippen MR) is 114 cm³/mol. The van der Waals surface area contributed by atoms with E-state index in [2.05, 4.69) is 15.2 Å². The summed E-state index contributed by atoms with van der Waals surface area (Å²) in [5, 5.41) is 17.1. The first-order valence-corrected chi connectivity index (χ1v) is 11.4. The molecule has 0 radical (unpaired) electrons. The largest absolute Gasteiger partial charge is 0.613 e. The zero-order chi connectivity index (χ0) is 24.2. The first-order valence-electron chi connectivity index (χ1n) is 10.3. The molecule has 14 heteroatoms. The number of hydrogen-bond acceptors (Lipinski definition) is 10. The van der Waals surface area contributed by atoms with Crippen molar-refractivity contribution in [2.24, 2.45) is 0 Å². The van der Waals surface area contributed by atoms with Crippen LogP contribution in [0.2, 0.25) is 0 Å². The number of alkyl halides is 1. The van der Waals surface area contributed by atoms with Gasteiger partial charge in [0.2, 0.25) is 0 Å². The molecule has 1 aliphatic rings. The van der Waals surface area contributed by atoms with Crippen molar-refractivity contribution in [2.75, 3.05) is 32.7 Å². The lowest BCUT2D eigenvalue weighted by Gasteiger charge is -2.26. The number of nitrogens with two attached hydrogens (primary N) is 1. The van der Waals surface area contributed by atoms with Gasteiger partial charge in [0.1, 0.15) is 43.9 Å². The summed E-state index contributed by atoms with van der Waals surface area (Å²) in [6.45, 7) is 1.62. The summed E-state index contributed by atoms with van der Waals surface area (Å²) in [6.07, 6.45) is -0.892. The van der Waals surface area contributed by atoms with Crippen molar-refractivity contribution < 1.29 is 37.6 Å². The Morgan fingerprint density at radius 1 is 1.52 bits per heavy atom. The third-order valence-electron chi connectivity index (χ3n) is 5.43. The van der Waals surface area contributed by atoms with E-state index in [1.54, 1.807) is 19.1 Å². The maximum Gasteiger partial charge on any atom is 0.613 e. The number of halogens is 1. The van der Waals surface area contributed by atoms with Gasteiger partial charge in [-0.3, -0.25) is 4.79 Å². The van der Waals surface area contributed by atoms with Gasteiger partial charge < -0.3 is 25.1 Å². The van der Waals surface area contributed by atoms with Crippen molar-refractivity contribution in [3.63, 3.8) is 0 Å². The van der Waals surface area contributed by atoms with Crippen LogP contribution in [-0.2, 0) is 28.1 Å². The van der Waals surface area contributed by atoms with Gasteiger partial charge in [-0.2, -0.15) is 5.10 Å². The fraction of sp³-hybridized carbons (Fsp3) is 0.632. The Kier molecular flexibility index (Phi) is 8.27. The summed E-state index contributed by atoms with van der Waals surface area (Å²) in [4.78, 5) is 15.9. The number of nitrogens with zero attached hydrogens (tertiary/aromatic N) is 3. The second-order valence-electron chi connectivity index (χ2n) is 7.81. The molecule has 0 spiro atoms. The normalized spacial score (nSPS) is 25.2. The Hall–Kier alpha value is -2.28. The molecule has 1 fully saturated rings. The summed E-state index contributed by atoms with van der Waals surface area (Å²) >= 11 is 0. The molecule has 12 nitrogen and oxygen atoms in total. The van der Waals surface area contributed by atoms with Crippen LogP contribution in [0.25, 0.3) is 5.52 Å². The van der Waals surface area contributed by atoms with Crippen molar-refractivity contribution in [3.8, 4) is 0 Å². The minimum atomic E-state index is -2.58. The number of esters is 1. The van der Waals surface area contributed by atoms with Gasteiger partial charge in [-0.1, -0.05) is 5.09 Å². The second-order valence-corrected chi connectivity index (χ2v) is 8.85. The highest BCUT2D eigenvalue weighted by molar-refractivity contribution is 7.36. The summed E-state index contributed by atoms with van der Waals surface area (Å²) in [5.74, 6) is -0.382. The van der Waals surface area contributed by atoms with Crippen LogP contribution in [0.15, 0.2) is 18.5 Å². The van der Waals surface area contributed by atoms with Crippen molar-refractivity contribution in [1.29, 1.82) is 0 Å². The van der Waals surface area contributed by atoms with Gasteiger partial charge in [-0.05, 0) is 30.5 Å². The molecule has 182 valence electrons. The van der Waals surface area contributed by atoms with E-state index in [4.69, 9.17) is 24.5 Å². The smallest absolute Gasteiger partial charge is 0.462 e. The molecule has 1 saturated heterocycles. The SMILES string of the molecule is CO[C@H](C)COC(=O)[C@H](C)N[P+](=O)OC[C@@]1(CF)O[C@@H](c2ccc3c(N)ncnn23)C[C@@H]1O. The second kappa shape index (κ2) is 10.8. The average Bonchev–Trinajstić information content (AvgIpc) is 3.38. The van der Waals surface area contributed by atoms with Crippen LogP contribution in [0.5, 0.6) is 0 Å². The number of aliphatic hydroxyl groups excluding tert-OH is 1. The van der Waals surface area contributed by atoms with Gasteiger partial charge >= 0.3 is 14.1 Å². The first-order chi connectivity index (χ1) is 15.7. The summed E-state index contributed by atoms with van der Waals surface area (Å²) in [5.41, 5.74) is 5.20. The molecule has 1 unspecified atom stereocenters. The Morgan fingerprint density at radius 3 is 2.97 bits per heavy atom. The third-order valence-corrected chi connectivity index (χ3v) is 6.39. The number of nitrogens with one attached hydrogen (secondary N) is 1. The van der Waals surface area contributed by atoms with Crippen LogP contribution < -0.4 is 10.8 Å². The standard InChI is InChI=1S/C19H28FN5O7P/c1-11(29-3)7-30-18(27)12(2)24-33(28)31-9-19(8-20)16(26)6-15(32-19)13-4-5-14-17(21)22-10-23-25(13)14/h4-5,10-12,15-16,26H,6-9H2,1-3H3,(H,24,28)(H2,21,22,23)/q+1/t11-,12+,15-,16+,19-/m1/s1. The fourth-order valence-electron chi connectivity index (χ4n) is 3.32. The van der Waals surface area contributed by atoms with E-state index in [0.29, 0.717) is 11.2 Å². The molecule has 3 heterocycles. The van der Waals surface area contributed by atoms with Crippen LogP contribution in [-0.4, -0.2) is 76.5 Å². The number of aliphatic hydroxyl groups is 1. The van der Waals surface area contributed by atoms with Gasteiger partial charge in [-0.15, -0.1) is 4.52 Å². The van der Waals surface area contributed by atoms with E-state index in [9.17, 15) is 18.9 Å². The highest BCUT2D eigenvalue weighted by Gasteiger charge is 2.52. The van der Waals surface area contributed by atoms with Crippen LogP contribution >= 0.6 is 8.18 Å². The Bertz CT molecular complexity index is 995. The van der Waals surface area contributed by atoms with Crippen LogP contribution in [0.3, 0.4) is 0 Å². The van der Waals surface area contributed by atoms with E-state index >= 15 is 0 Å².